The Morgan fingerprint density at radius 3 is 2.79 bits per heavy atom. The SMILES string of the molecule is CC(C(=O)O)N1Cc2c(F)cc(-c3nc(Cl)ncc3Cl)cc2C1=O. The summed E-state index contributed by atoms with van der Waals surface area (Å²) in [7, 11) is 0. The van der Waals surface area contributed by atoms with Crippen LogP contribution in [-0.2, 0) is 11.3 Å². The van der Waals surface area contributed by atoms with E-state index in [0.29, 0.717) is 0 Å². The molecule has 0 bridgehead atoms. The first-order valence-corrected chi connectivity index (χ1v) is 7.59. The van der Waals surface area contributed by atoms with Crippen molar-refractivity contribution in [2.75, 3.05) is 0 Å². The fourth-order valence-electron chi connectivity index (χ4n) is 2.52. The van der Waals surface area contributed by atoms with Gasteiger partial charge in [0.15, 0.2) is 0 Å². The molecule has 24 heavy (non-hydrogen) atoms. The Morgan fingerprint density at radius 1 is 1.42 bits per heavy atom. The normalized spacial score (nSPS) is 14.7. The van der Waals surface area contributed by atoms with Crippen LogP contribution < -0.4 is 0 Å². The molecular formula is C15H10Cl2FN3O3. The van der Waals surface area contributed by atoms with Gasteiger partial charge < -0.3 is 10.0 Å². The Balaban J connectivity index is 2.09. The predicted molar refractivity (Wildman–Crippen MR) is 84.4 cm³/mol. The number of carbonyl (C=O) groups excluding carboxylic acids is 1. The number of carbonyl (C=O) groups is 2. The lowest BCUT2D eigenvalue weighted by Crippen LogP contribution is -2.38. The molecule has 0 saturated carbocycles. The number of carboxylic acids is 1. The fourth-order valence-corrected chi connectivity index (χ4v) is 2.85. The molecule has 9 heteroatoms. The maximum absolute atomic E-state index is 14.4. The summed E-state index contributed by atoms with van der Waals surface area (Å²) in [4.78, 5) is 32.3. The molecule has 1 aromatic carbocycles. The van der Waals surface area contributed by atoms with E-state index in [0.717, 1.165) is 4.90 Å². The van der Waals surface area contributed by atoms with Crippen LogP contribution in [0.25, 0.3) is 11.3 Å². The summed E-state index contributed by atoms with van der Waals surface area (Å²) in [5, 5.41) is 9.16. The lowest BCUT2D eigenvalue weighted by molar-refractivity contribution is -0.141. The van der Waals surface area contributed by atoms with E-state index in [9.17, 15) is 14.0 Å². The highest BCUT2D eigenvalue weighted by atomic mass is 35.5. The molecule has 124 valence electrons. The van der Waals surface area contributed by atoms with E-state index in [2.05, 4.69) is 9.97 Å². The number of fused-ring (bicyclic) bond motifs is 1. The Hall–Kier alpha value is -2.25. The van der Waals surface area contributed by atoms with Gasteiger partial charge >= 0.3 is 5.97 Å². The first-order chi connectivity index (χ1) is 11.3. The van der Waals surface area contributed by atoms with Crippen LogP contribution in [0, 0.1) is 5.82 Å². The number of benzene rings is 1. The summed E-state index contributed by atoms with van der Waals surface area (Å²) in [6, 6.07) is 1.55. The van der Waals surface area contributed by atoms with Gasteiger partial charge in [0, 0.05) is 16.7 Å². The van der Waals surface area contributed by atoms with Crippen molar-refractivity contribution < 1.29 is 19.1 Å². The minimum Gasteiger partial charge on any atom is -0.480 e. The van der Waals surface area contributed by atoms with Gasteiger partial charge in [-0.25, -0.2) is 19.2 Å². The van der Waals surface area contributed by atoms with E-state index in [4.69, 9.17) is 28.3 Å². The quantitative estimate of drug-likeness (QED) is 0.840. The Bertz CT molecular complexity index is 875. The summed E-state index contributed by atoms with van der Waals surface area (Å²) in [5.41, 5.74) is 0.687. The molecule has 1 unspecified atom stereocenters. The average molecular weight is 370 g/mol. The maximum Gasteiger partial charge on any atom is 0.326 e. The lowest BCUT2D eigenvalue weighted by Gasteiger charge is -2.19. The molecule has 2 heterocycles. The molecule has 2 aromatic rings. The van der Waals surface area contributed by atoms with E-state index < -0.39 is 23.7 Å². The summed E-state index contributed by atoms with van der Waals surface area (Å²) in [6.45, 7) is 1.26. The van der Waals surface area contributed by atoms with Crippen LogP contribution in [0.1, 0.15) is 22.8 Å². The molecule has 0 radical (unpaired) electrons. The first-order valence-electron chi connectivity index (χ1n) is 6.84. The van der Waals surface area contributed by atoms with Crippen LogP contribution in [0.3, 0.4) is 0 Å². The Kier molecular flexibility index (Phi) is 4.15. The molecule has 1 aromatic heterocycles. The van der Waals surface area contributed by atoms with Crippen molar-refractivity contribution >= 4 is 35.1 Å². The molecule has 1 amide bonds. The van der Waals surface area contributed by atoms with Crippen molar-refractivity contribution in [3.63, 3.8) is 0 Å². The van der Waals surface area contributed by atoms with Crippen molar-refractivity contribution in [1.29, 1.82) is 0 Å². The third kappa shape index (κ3) is 2.70. The monoisotopic (exact) mass is 369 g/mol. The Labute approximate surface area is 145 Å². The lowest BCUT2D eigenvalue weighted by atomic mass is 10.0. The van der Waals surface area contributed by atoms with E-state index in [-0.39, 0.29) is 39.2 Å². The number of aromatic nitrogens is 2. The molecule has 0 saturated heterocycles. The van der Waals surface area contributed by atoms with Gasteiger partial charge in [0.25, 0.3) is 5.91 Å². The van der Waals surface area contributed by atoms with Gasteiger partial charge in [0.2, 0.25) is 5.28 Å². The number of nitrogens with zero attached hydrogens (tertiary/aromatic N) is 3. The van der Waals surface area contributed by atoms with Crippen LogP contribution >= 0.6 is 23.2 Å². The number of amides is 1. The fraction of sp³-hybridized carbons (Fsp3) is 0.200. The van der Waals surface area contributed by atoms with Gasteiger partial charge in [-0.15, -0.1) is 0 Å². The number of rotatable bonds is 3. The maximum atomic E-state index is 14.4. The van der Waals surface area contributed by atoms with Crippen molar-refractivity contribution in [3.05, 3.63) is 45.6 Å². The molecule has 3 rings (SSSR count). The van der Waals surface area contributed by atoms with Gasteiger partial charge in [-0.3, -0.25) is 4.79 Å². The molecule has 0 spiro atoms. The first kappa shape index (κ1) is 16.6. The number of hydrogen-bond acceptors (Lipinski definition) is 4. The van der Waals surface area contributed by atoms with Gasteiger partial charge in [-0.05, 0) is 30.7 Å². The summed E-state index contributed by atoms with van der Waals surface area (Å²) in [6.07, 6.45) is 1.28. The van der Waals surface area contributed by atoms with E-state index in [1.54, 1.807) is 0 Å². The van der Waals surface area contributed by atoms with Crippen LogP contribution in [0.2, 0.25) is 10.3 Å². The number of carboxylic acid groups (broad SMARTS) is 1. The van der Waals surface area contributed by atoms with Crippen LogP contribution in [0.5, 0.6) is 0 Å². The van der Waals surface area contributed by atoms with Crippen molar-refractivity contribution in [3.8, 4) is 11.3 Å². The molecule has 6 nitrogen and oxygen atoms in total. The number of hydrogen-bond donors (Lipinski definition) is 1. The zero-order chi connectivity index (χ0) is 17.6. The molecule has 1 atom stereocenters. The molecule has 1 aliphatic heterocycles. The molecular weight excluding hydrogens is 360 g/mol. The van der Waals surface area contributed by atoms with Crippen molar-refractivity contribution in [1.82, 2.24) is 14.9 Å². The van der Waals surface area contributed by atoms with Crippen molar-refractivity contribution in [2.24, 2.45) is 0 Å². The van der Waals surface area contributed by atoms with Crippen LogP contribution in [0.4, 0.5) is 4.39 Å². The predicted octanol–water partition coefficient (Wildman–Crippen LogP) is 3.02. The smallest absolute Gasteiger partial charge is 0.326 e. The highest BCUT2D eigenvalue weighted by Crippen LogP contribution is 2.33. The number of aliphatic carboxylic acids is 1. The summed E-state index contributed by atoms with van der Waals surface area (Å²) < 4.78 is 14.4. The minimum atomic E-state index is -1.16. The standard InChI is InChI=1S/C15H10Cl2FN3O3/c1-6(14(23)24)21-5-9-8(13(21)22)2-7(3-11(9)18)12-10(16)4-19-15(17)20-12/h2-4,6H,5H2,1H3,(H,23,24). The van der Waals surface area contributed by atoms with Gasteiger partial charge in [0.05, 0.1) is 23.5 Å². The summed E-state index contributed by atoms with van der Waals surface area (Å²) in [5.74, 6) is -2.36. The van der Waals surface area contributed by atoms with Crippen LogP contribution in [0.15, 0.2) is 18.3 Å². The largest absolute Gasteiger partial charge is 0.480 e. The third-order valence-electron chi connectivity index (χ3n) is 3.83. The van der Waals surface area contributed by atoms with Gasteiger partial charge in [0.1, 0.15) is 11.9 Å². The highest BCUT2D eigenvalue weighted by molar-refractivity contribution is 6.33. The molecule has 1 N–H and O–H groups in total. The molecule has 0 aliphatic carbocycles. The van der Waals surface area contributed by atoms with E-state index in [1.807, 2.05) is 0 Å². The Morgan fingerprint density at radius 2 is 2.12 bits per heavy atom. The third-order valence-corrected chi connectivity index (χ3v) is 4.29. The second kappa shape index (κ2) is 5.99. The van der Waals surface area contributed by atoms with E-state index in [1.165, 1.54) is 25.3 Å². The highest BCUT2D eigenvalue weighted by Gasteiger charge is 2.36. The molecule has 1 aliphatic rings. The van der Waals surface area contributed by atoms with Gasteiger partial charge in [-0.1, -0.05) is 11.6 Å². The zero-order valence-corrected chi connectivity index (χ0v) is 13.8. The summed E-state index contributed by atoms with van der Waals surface area (Å²) >= 11 is 11.7. The second-order valence-corrected chi connectivity index (χ2v) is 6.01. The topological polar surface area (TPSA) is 83.4 Å². The van der Waals surface area contributed by atoms with Crippen molar-refractivity contribution in [2.45, 2.75) is 19.5 Å². The van der Waals surface area contributed by atoms with E-state index >= 15 is 0 Å². The molecule has 0 fully saturated rings. The van der Waals surface area contributed by atoms with Gasteiger partial charge in [-0.2, -0.15) is 0 Å². The second-order valence-electron chi connectivity index (χ2n) is 5.27. The average Bonchev–Trinajstić information content (AvgIpc) is 2.86. The number of halogens is 3. The minimum absolute atomic E-state index is 0.0669. The zero-order valence-electron chi connectivity index (χ0n) is 12.3. The van der Waals surface area contributed by atoms with Crippen LogP contribution in [-0.4, -0.2) is 37.9 Å².